The second-order valence-corrected chi connectivity index (χ2v) is 4.87. The van der Waals surface area contributed by atoms with Gasteiger partial charge in [-0.1, -0.05) is 12.1 Å². The van der Waals surface area contributed by atoms with Crippen LogP contribution in [-0.4, -0.2) is 50.0 Å². The molecule has 1 fully saturated rings. The Balaban J connectivity index is 1.92. The van der Waals surface area contributed by atoms with Gasteiger partial charge in [0.15, 0.2) is 0 Å². The summed E-state index contributed by atoms with van der Waals surface area (Å²) in [5.74, 6) is 0.874. The lowest BCUT2D eigenvalue weighted by Gasteiger charge is -2.33. The summed E-state index contributed by atoms with van der Waals surface area (Å²) in [6, 6.07) is 8.08. The minimum atomic E-state index is 0.123. The number of methoxy groups -OCH3 is 1. The second kappa shape index (κ2) is 7.48. The molecule has 106 valence electrons. The molecule has 1 heterocycles. The van der Waals surface area contributed by atoms with Gasteiger partial charge in [0.2, 0.25) is 0 Å². The van der Waals surface area contributed by atoms with Crippen molar-refractivity contribution < 1.29 is 14.6 Å². The Morgan fingerprint density at radius 2 is 2.32 bits per heavy atom. The van der Waals surface area contributed by atoms with Crippen molar-refractivity contribution in [3.63, 3.8) is 0 Å². The van der Waals surface area contributed by atoms with Crippen molar-refractivity contribution in [3.05, 3.63) is 29.8 Å². The third-order valence-corrected chi connectivity index (χ3v) is 3.50. The van der Waals surface area contributed by atoms with Crippen molar-refractivity contribution in [3.8, 4) is 5.75 Å². The highest BCUT2D eigenvalue weighted by Crippen LogP contribution is 2.25. The molecule has 1 aliphatic heterocycles. The molecule has 0 aromatic heterocycles. The predicted octanol–water partition coefficient (Wildman–Crippen LogP) is 1.84. The molecule has 4 nitrogen and oxygen atoms in total. The maximum absolute atomic E-state index is 8.83. The van der Waals surface area contributed by atoms with Crippen LogP contribution in [-0.2, 0) is 4.74 Å². The van der Waals surface area contributed by atoms with E-state index < -0.39 is 0 Å². The van der Waals surface area contributed by atoms with Gasteiger partial charge in [-0.3, -0.25) is 4.90 Å². The molecule has 1 saturated heterocycles. The summed E-state index contributed by atoms with van der Waals surface area (Å²) in [4.78, 5) is 2.41. The first-order valence-corrected chi connectivity index (χ1v) is 6.92. The van der Waals surface area contributed by atoms with E-state index in [4.69, 9.17) is 14.6 Å². The Morgan fingerprint density at radius 3 is 3.11 bits per heavy atom. The third kappa shape index (κ3) is 4.20. The number of nitrogens with zero attached hydrogens (tertiary/aromatic N) is 1. The lowest BCUT2D eigenvalue weighted by Crippen LogP contribution is -2.38. The number of morpholine rings is 1. The SMILES string of the molecule is COc1cccc(C2CN(CCCCO)CCO2)c1. The van der Waals surface area contributed by atoms with E-state index >= 15 is 0 Å². The van der Waals surface area contributed by atoms with Gasteiger partial charge in [0.05, 0.1) is 19.8 Å². The number of aliphatic hydroxyl groups excluding tert-OH is 1. The average molecular weight is 265 g/mol. The largest absolute Gasteiger partial charge is 0.497 e. The standard InChI is InChI=1S/C15H23NO3/c1-18-14-6-4-5-13(11-14)15-12-16(8-10-19-15)7-2-3-9-17/h4-6,11,15,17H,2-3,7-10,12H2,1H3. The van der Waals surface area contributed by atoms with E-state index in [-0.39, 0.29) is 12.7 Å². The van der Waals surface area contributed by atoms with E-state index in [1.54, 1.807) is 7.11 Å². The van der Waals surface area contributed by atoms with Crippen LogP contribution in [0, 0.1) is 0 Å². The summed E-state index contributed by atoms with van der Waals surface area (Å²) >= 11 is 0. The minimum absolute atomic E-state index is 0.123. The zero-order valence-electron chi connectivity index (χ0n) is 11.5. The molecule has 1 aliphatic rings. The van der Waals surface area contributed by atoms with Crippen molar-refractivity contribution in [2.45, 2.75) is 18.9 Å². The molecular weight excluding hydrogens is 242 g/mol. The minimum Gasteiger partial charge on any atom is -0.497 e. The zero-order chi connectivity index (χ0) is 13.5. The quantitative estimate of drug-likeness (QED) is 0.797. The monoisotopic (exact) mass is 265 g/mol. The summed E-state index contributed by atoms with van der Waals surface area (Å²) in [5, 5.41) is 8.83. The van der Waals surface area contributed by atoms with Crippen molar-refractivity contribution in [2.75, 3.05) is 40.0 Å². The van der Waals surface area contributed by atoms with Crippen LogP contribution < -0.4 is 4.74 Å². The van der Waals surface area contributed by atoms with Crippen LogP contribution in [0.15, 0.2) is 24.3 Å². The van der Waals surface area contributed by atoms with Crippen molar-refractivity contribution in [2.24, 2.45) is 0 Å². The zero-order valence-corrected chi connectivity index (χ0v) is 11.5. The Labute approximate surface area is 114 Å². The van der Waals surface area contributed by atoms with E-state index in [2.05, 4.69) is 11.0 Å². The smallest absolute Gasteiger partial charge is 0.119 e. The Morgan fingerprint density at radius 1 is 1.42 bits per heavy atom. The lowest BCUT2D eigenvalue weighted by atomic mass is 10.1. The second-order valence-electron chi connectivity index (χ2n) is 4.87. The number of hydrogen-bond donors (Lipinski definition) is 1. The van der Waals surface area contributed by atoms with E-state index in [9.17, 15) is 0 Å². The third-order valence-electron chi connectivity index (χ3n) is 3.50. The molecule has 1 aromatic carbocycles. The van der Waals surface area contributed by atoms with Crippen LogP contribution in [0.2, 0.25) is 0 Å². The molecule has 0 aliphatic carbocycles. The molecule has 1 unspecified atom stereocenters. The van der Waals surface area contributed by atoms with Crippen LogP contribution in [0.5, 0.6) is 5.75 Å². The van der Waals surface area contributed by atoms with Crippen molar-refractivity contribution in [1.29, 1.82) is 0 Å². The van der Waals surface area contributed by atoms with Crippen LogP contribution in [0.1, 0.15) is 24.5 Å². The highest BCUT2D eigenvalue weighted by atomic mass is 16.5. The normalized spacial score (nSPS) is 20.4. The van der Waals surface area contributed by atoms with E-state index in [0.717, 1.165) is 44.8 Å². The molecular formula is C15H23NO3. The number of unbranched alkanes of at least 4 members (excludes halogenated alkanes) is 1. The Hall–Kier alpha value is -1.10. The van der Waals surface area contributed by atoms with Gasteiger partial charge in [0, 0.05) is 19.7 Å². The van der Waals surface area contributed by atoms with Gasteiger partial charge in [-0.25, -0.2) is 0 Å². The first-order chi connectivity index (χ1) is 9.33. The predicted molar refractivity (Wildman–Crippen MR) is 74.4 cm³/mol. The molecule has 0 spiro atoms. The molecule has 1 aromatic rings. The number of aliphatic hydroxyl groups is 1. The topological polar surface area (TPSA) is 41.9 Å². The molecule has 2 rings (SSSR count). The highest BCUT2D eigenvalue weighted by molar-refractivity contribution is 5.30. The Bertz CT molecular complexity index is 383. The molecule has 0 radical (unpaired) electrons. The fourth-order valence-corrected chi connectivity index (χ4v) is 2.40. The van der Waals surface area contributed by atoms with E-state index in [1.807, 2.05) is 18.2 Å². The van der Waals surface area contributed by atoms with Gasteiger partial charge < -0.3 is 14.6 Å². The summed E-state index contributed by atoms with van der Waals surface area (Å²) in [7, 11) is 1.68. The number of benzene rings is 1. The molecule has 0 saturated carbocycles. The van der Waals surface area contributed by atoms with Crippen LogP contribution in [0.25, 0.3) is 0 Å². The fourth-order valence-electron chi connectivity index (χ4n) is 2.40. The summed E-state index contributed by atoms with van der Waals surface area (Å²) in [5.41, 5.74) is 1.17. The summed E-state index contributed by atoms with van der Waals surface area (Å²) in [6.45, 7) is 3.97. The maximum atomic E-state index is 8.83. The van der Waals surface area contributed by atoms with E-state index in [0.29, 0.717) is 0 Å². The molecule has 1 N–H and O–H groups in total. The van der Waals surface area contributed by atoms with Crippen LogP contribution >= 0.6 is 0 Å². The summed E-state index contributed by atoms with van der Waals surface area (Å²) < 4.78 is 11.1. The van der Waals surface area contributed by atoms with E-state index in [1.165, 1.54) is 5.56 Å². The molecule has 0 bridgehead atoms. The molecule has 1 atom stereocenters. The van der Waals surface area contributed by atoms with Crippen LogP contribution in [0.3, 0.4) is 0 Å². The molecule has 19 heavy (non-hydrogen) atoms. The van der Waals surface area contributed by atoms with Gasteiger partial charge in [0.25, 0.3) is 0 Å². The van der Waals surface area contributed by atoms with Crippen molar-refractivity contribution >= 4 is 0 Å². The highest BCUT2D eigenvalue weighted by Gasteiger charge is 2.21. The molecule has 4 heteroatoms. The molecule has 0 amide bonds. The number of ether oxygens (including phenoxy) is 2. The van der Waals surface area contributed by atoms with Gasteiger partial charge in [0.1, 0.15) is 5.75 Å². The van der Waals surface area contributed by atoms with Crippen molar-refractivity contribution in [1.82, 2.24) is 4.90 Å². The van der Waals surface area contributed by atoms with Gasteiger partial charge in [-0.15, -0.1) is 0 Å². The van der Waals surface area contributed by atoms with Gasteiger partial charge >= 0.3 is 0 Å². The number of rotatable bonds is 6. The number of hydrogen-bond acceptors (Lipinski definition) is 4. The van der Waals surface area contributed by atoms with Gasteiger partial charge in [-0.2, -0.15) is 0 Å². The summed E-state index contributed by atoms with van der Waals surface area (Å²) in [6.07, 6.45) is 2.04. The maximum Gasteiger partial charge on any atom is 0.119 e. The Kier molecular flexibility index (Phi) is 5.63. The first-order valence-electron chi connectivity index (χ1n) is 6.92. The first kappa shape index (κ1) is 14.3. The average Bonchev–Trinajstić information content (AvgIpc) is 2.48. The van der Waals surface area contributed by atoms with Gasteiger partial charge in [-0.05, 0) is 37.1 Å². The van der Waals surface area contributed by atoms with Crippen LogP contribution in [0.4, 0.5) is 0 Å². The fraction of sp³-hybridized carbons (Fsp3) is 0.600. The lowest BCUT2D eigenvalue weighted by molar-refractivity contribution is -0.0306.